The second kappa shape index (κ2) is 56.5. The Kier molecular flexibility index (Phi) is 48.5. The number of hydrogen-bond acceptors (Lipinski definition) is 40. The maximum atomic E-state index is 13.9. The number of amides is 4. The zero-order valence-corrected chi connectivity index (χ0v) is 67.8. The second-order valence-corrected chi connectivity index (χ2v) is 25.5. The smallest absolute Gasteiger partial charge is 0.303 e. The summed E-state index contributed by atoms with van der Waals surface area (Å²) in [5.74, 6) is -8.94. The number of aliphatic hydroxyl groups is 1. The average Bonchev–Trinajstić information content (AvgIpc) is 0.801. The normalized spacial score (nSPS) is 22.8. The van der Waals surface area contributed by atoms with Crippen molar-refractivity contribution in [3.63, 3.8) is 0 Å². The molecule has 664 valence electrons. The Labute approximate surface area is 675 Å². The van der Waals surface area contributed by atoms with Gasteiger partial charge in [0.25, 0.3) is 5.91 Å². The van der Waals surface area contributed by atoms with Crippen LogP contribution in [0.1, 0.15) is 93.4 Å². The molecule has 0 spiro atoms. The highest BCUT2D eigenvalue weighted by molar-refractivity contribution is 5.95. The fourth-order valence-electron chi connectivity index (χ4n) is 11.3. The lowest BCUT2D eigenvalue weighted by molar-refractivity contribution is -0.279. The number of ether oxygens (including phenoxy) is 26. The van der Waals surface area contributed by atoms with Gasteiger partial charge in [0.15, 0.2) is 67.0 Å². The first-order valence-electron chi connectivity index (χ1n) is 37.5. The first kappa shape index (κ1) is 100. The van der Waals surface area contributed by atoms with Crippen LogP contribution in [-0.2, 0) is 166 Å². The molecule has 0 radical (unpaired) electrons. The third kappa shape index (κ3) is 40.4. The van der Waals surface area contributed by atoms with Crippen molar-refractivity contribution in [1.29, 1.82) is 0 Å². The summed E-state index contributed by atoms with van der Waals surface area (Å²) in [4.78, 5) is 160. The van der Waals surface area contributed by atoms with E-state index < -0.39 is 189 Å². The van der Waals surface area contributed by atoms with E-state index in [2.05, 4.69) is 21.3 Å². The number of carbonyl (C=O) groups excluding carboxylic acids is 13. The van der Waals surface area contributed by atoms with Crippen LogP contribution in [0.3, 0.4) is 0 Å². The van der Waals surface area contributed by atoms with Crippen molar-refractivity contribution in [3.05, 3.63) is 17.7 Å². The Balaban J connectivity index is 1.47. The van der Waals surface area contributed by atoms with Crippen molar-refractivity contribution >= 4 is 77.4 Å². The van der Waals surface area contributed by atoms with Crippen LogP contribution in [0.25, 0.3) is 0 Å². The summed E-state index contributed by atoms with van der Waals surface area (Å²) in [6, 6.07) is -0.779. The van der Waals surface area contributed by atoms with Gasteiger partial charge in [-0.2, -0.15) is 0 Å². The molecule has 1 aromatic carbocycles. The summed E-state index contributed by atoms with van der Waals surface area (Å²) in [5.41, 5.74) is 0.0584. The number of esters is 9. The van der Waals surface area contributed by atoms with Gasteiger partial charge in [-0.3, -0.25) is 62.3 Å². The molecular weight excluding hydrogens is 1570 g/mol. The van der Waals surface area contributed by atoms with E-state index in [-0.39, 0.29) is 181 Å². The van der Waals surface area contributed by atoms with E-state index in [9.17, 15) is 62.3 Å². The molecule has 44 heteroatoms. The summed E-state index contributed by atoms with van der Waals surface area (Å²) < 4.78 is 149. The third-order valence-electron chi connectivity index (χ3n) is 15.7. The zero-order valence-electron chi connectivity index (χ0n) is 67.8. The van der Waals surface area contributed by atoms with Crippen molar-refractivity contribution in [3.8, 4) is 17.2 Å². The third-order valence-corrected chi connectivity index (χ3v) is 15.7. The van der Waals surface area contributed by atoms with Crippen LogP contribution in [0.15, 0.2) is 12.1 Å². The lowest BCUT2D eigenvalue weighted by Crippen LogP contribution is -2.66. The van der Waals surface area contributed by atoms with Gasteiger partial charge in [0.1, 0.15) is 76.1 Å². The number of hydrogen-bond donors (Lipinski definition) is 5. The van der Waals surface area contributed by atoms with Crippen molar-refractivity contribution < 1.29 is 191 Å². The van der Waals surface area contributed by atoms with Crippen LogP contribution in [0.5, 0.6) is 17.2 Å². The molecule has 0 saturated carbocycles. The average molecular weight is 1690 g/mol. The molecule has 15 atom stereocenters. The molecule has 3 heterocycles. The standard InChI is InChI=1S/C73H112N4O40/c1-42(79)75-60-67(112-51(10)88)64(109-48(7)85)57(39-106-45(4)82)115-71(60)103-34-28-97-22-19-94-25-31-100-55-37-54(70(91)74-13-15-92-17-18-93-16-14-78)38-56(101-32-26-95-20-23-98-29-35-104-72-61(76-43(2)80)68(113-52(11)89)65(110-49(8)86)58(116-72)40-107-46(5)83)63(55)102-33-27-96-21-24-99-30-36-105-73-62(77-44(3)81)69(114-53(12)90)66(111-50(9)87)59(117-73)41-108-47(6)84/h37-38,57-62,64-69,71-73,78H,13-36,39-41H2,1-12H3,(H,74,91)(H,75,79)(H,76,80)(H,77,81)/t57-,58-,59-,60-,61-,62-,64+,65+,66+,67-,68-,69-,71-,72-,73-/m1/s1. The molecule has 0 aliphatic carbocycles. The van der Waals surface area contributed by atoms with Crippen molar-refractivity contribution in [1.82, 2.24) is 21.3 Å². The highest BCUT2D eigenvalue weighted by Gasteiger charge is 2.54. The van der Waals surface area contributed by atoms with Crippen molar-refractivity contribution in [2.75, 3.05) is 178 Å². The van der Waals surface area contributed by atoms with Crippen molar-refractivity contribution in [2.24, 2.45) is 0 Å². The fraction of sp³-hybridized carbons (Fsp3) is 0.740. The predicted molar refractivity (Wildman–Crippen MR) is 389 cm³/mol. The number of carbonyl (C=O) groups is 13. The van der Waals surface area contributed by atoms with Crippen LogP contribution in [0.4, 0.5) is 0 Å². The molecule has 117 heavy (non-hydrogen) atoms. The predicted octanol–water partition coefficient (Wildman–Crippen LogP) is -2.30. The molecule has 3 saturated heterocycles. The first-order chi connectivity index (χ1) is 55.9. The van der Waals surface area contributed by atoms with E-state index in [1.807, 2.05) is 0 Å². The van der Waals surface area contributed by atoms with Crippen LogP contribution >= 0.6 is 0 Å². The summed E-state index contributed by atoms with van der Waals surface area (Å²) in [6.07, 6.45) is -15.6. The Morgan fingerprint density at radius 3 is 0.846 bits per heavy atom. The van der Waals surface area contributed by atoms with Gasteiger partial charge in [-0.15, -0.1) is 0 Å². The molecular formula is C73H112N4O40. The van der Waals surface area contributed by atoms with E-state index in [4.69, 9.17) is 128 Å². The minimum absolute atomic E-state index is 0.0169. The molecule has 1 aromatic rings. The lowest BCUT2D eigenvalue weighted by atomic mass is 9.96. The summed E-state index contributed by atoms with van der Waals surface area (Å²) in [5, 5.41) is 19.7. The molecule has 0 bridgehead atoms. The van der Waals surface area contributed by atoms with E-state index in [0.29, 0.717) is 0 Å². The molecule has 4 rings (SSSR count). The van der Waals surface area contributed by atoms with Gasteiger partial charge in [-0.1, -0.05) is 0 Å². The maximum absolute atomic E-state index is 13.9. The summed E-state index contributed by atoms with van der Waals surface area (Å²) in [7, 11) is 0. The van der Waals surface area contributed by atoms with E-state index in [1.165, 1.54) is 32.9 Å². The van der Waals surface area contributed by atoms with Gasteiger partial charge < -0.3 is 150 Å². The molecule has 3 aliphatic rings. The SMILES string of the molecule is CC(=O)N[C@H]1[C@H](OCCOCCOCCOc2cc(C(=O)NCCOCCOCCO)cc(OCCOCCOCCO[C@@H]3O[C@H](COC(C)=O)[C@H](OC(C)=O)[C@H](OC(C)=O)[C@H]3NC(C)=O)c2OCCOCCOCCO[C@@H]2O[C@H](COC(C)=O)[C@H](OC(C)=O)[C@H](OC(C)=O)[C@H]2NC(C)=O)O[C@H](COC(C)=O)[C@H](OC(C)=O)[C@@H]1OC(C)=O. The van der Waals surface area contributed by atoms with Gasteiger partial charge in [-0.25, -0.2) is 0 Å². The second-order valence-electron chi connectivity index (χ2n) is 25.5. The Bertz CT molecular complexity index is 3130. The van der Waals surface area contributed by atoms with E-state index >= 15 is 0 Å². The zero-order chi connectivity index (χ0) is 86.2. The minimum Gasteiger partial charge on any atom is -0.487 e. The monoisotopic (exact) mass is 1680 g/mol. The maximum Gasteiger partial charge on any atom is 0.303 e. The Morgan fingerprint density at radius 1 is 0.316 bits per heavy atom. The molecule has 4 amide bonds. The van der Waals surface area contributed by atoms with Crippen LogP contribution in [-0.4, -0.2) is 353 Å². The van der Waals surface area contributed by atoms with Crippen LogP contribution in [0.2, 0.25) is 0 Å². The molecule has 0 aromatic heterocycles. The van der Waals surface area contributed by atoms with Gasteiger partial charge in [0.05, 0.1) is 132 Å². The number of aliphatic hydroxyl groups excluding tert-OH is 1. The fourth-order valence-corrected chi connectivity index (χ4v) is 11.3. The Hall–Kier alpha value is -8.87. The van der Waals surface area contributed by atoms with Crippen LogP contribution in [0, 0.1) is 0 Å². The first-order valence-corrected chi connectivity index (χ1v) is 37.5. The summed E-state index contributed by atoms with van der Waals surface area (Å²) >= 11 is 0. The topological polar surface area (TPSA) is 530 Å². The Morgan fingerprint density at radius 2 is 0.573 bits per heavy atom. The quantitative estimate of drug-likeness (QED) is 0.0260. The molecule has 3 aliphatic heterocycles. The molecule has 5 N–H and O–H groups in total. The molecule has 0 unspecified atom stereocenters. The van der Waals surface area contributed by atoms with E-state index in [1.54, 1.807) is 0 Å². The highest BCUT2D eigenvalue weighted by atomic mass is 16.7. The number of nitrogens with one attached hydrogen (secondary N) is 4. The van der Waals surface area contributed by atoms with Gasteiger partial charge in [-0.05, 0) is 12.1 Å². The van der Waals surface area contributed by atoms with Gasteiger partial charge in [0.2, 0.25) is 23.5 Å². The van der Waals surface area contributed by atoms with Gasteiger partial charge >= 0.3 is 53.7 Å². The van der Waals surface area contributed by atoms with Crippen LogP contribution < -0.4 is 35.5 Å². The number of rotatable bonds is 57. The largest absolute Gasteiger partial charge is 0.487 e. The van der Waals surface area contributed by atoms with Gasteiger partial charge in [0, 0.05) is 95.2 Å². The molecule has 3 fully saturated rings. The lowest BCUT2D eigenvalue weighted by Gasteiger charge is -2.44. The van der Waals surface area contributed by atoms with Crippen molar-refractivity contribution in [2.45, 2.75) is 175 Å². The minimum atomic E-state index is -1.34. The highest BCUT2D eigenvalue weighted by Crippen LogP contribution is 2.40. The summed E-state index contributed by atoms with van der Waals surface area (Å²) in [6.45, 7) is 11.8. The molecule has 44 nitrogen and oxygen atoms in total. The number of benzene rings is 1. The van der Waals surface area contributed by atoms with E-state index in [0.717, 1.165) is 62.3 Å².